The Morgan fingerprint density at radius 2 is 2.03 bits per heavy atom. The van der Waals surface area contributed by atoms with Gasteiger partial charge in [0.1, 0.15) is 24.7 Å². The summed E-state index contributed by atoms with van der Waals surface area (Å²) >= 11 is 2.23. The number of carbonyl (C=O) groups excluding carboxylic acids is 1. The van der Waals surface area contributed by atoms with Crippen molar-refractivity contribution in [2.24, 2.45) is 0 Å². The van der Waals surface area contributed by atoms with Crippen LogP contribution in [0.25, 0.3) is 10.9 Å². The van der Waals surface area contributed by atoms with Crippen molar-refractivity contribution >= 4 is 47.1 Å². The predicted molar refractivity (Wildman–Crippen MR) is 123 cm³/mol. The maximum Gasteiger partial charge on any atom is 0.250 e. The second kappa shape index (κ2) is 10.7. The number of rotatable bonds is 10. The van der Waals surface area contributed by atoms with Gasteiger partial charge in [-0.1, -0.05) is 0 Å². The smallest absolute Gasteiger partial charge is 0.250 e. The molecule has 0 atom stereocenters. The van der Waals surface area contributed by atoms with Gasteiger partial charge >= 0.3 is 0 Å². The first kappa shape index (κ1) is 22.5. The first-order valence-corrected chi connectivity index (χ1v) is 12.5. The third-order valence-corrected chi connectivity index (χ3v) is 5.99. The van der Waals surface area contributed by atoms with Crippen molar-refractivity contribution < 1.29 is 23.4 Å². The lowest BCUT2D eigenvalue weighted by Crippen LogP contribution is -2.22. The van der Waals surface area contributed by atoms with Gasteiger partial charge in [0, 0.05) is 61.4 Å². The number of aromatic nitrogens is 2. The summed E-state index contributed by atoms with van der Waals surface area (Å²) in [4.78, 5) is 15.0. The van der Waals surface area contributed by atoms with Crippen molar-refractivity contribution in [2.45, 2.75) is 13.3 Å². The maximum atomic E-state index is 13.6. The largest absolute Gasteiger partial charge is 0.490 e. The van der Waals surface area contributed by atoms with E-state index in [-0.39, 0.29) is 18.4 Å². The van der Waals surface area contributed by atoms with Crippen molar-refractivity contribution in [3.05, 3.63) is 48.0 Å². The van der Waals surface area contributed by atoms with Crippen LogP contribution in [0.4, 0.5) is 4.39 Å². The Hall–Kier alpha value is -2.21. The molecule has 10 heteroatoms. The van der Waals surface area contributed by atoms with Crippen LogP contribution in [0.5, 0.6) is 17.4 Å². The number of methoxy groups -OCH3 is 1. The van der Waals surface area contributed by atoms with Gasteiger partial charge in [-0.2, -0.15) is 0 Å². The van der Waals surface area contributed by atoms with Gasteiger partial charge in [0.2, 0.25) is 11.8 Å². The van der Waals surface area contributed by atoms with Crippen molar-refractivity contribution in [3.8, 4) is 17.4 Å². The van der Waals surface area contributed by atoms with Gasteiger partial charge in [-0.3, -0.25) is 8.77 Å². The number of benzene rings is 1. The summed E-state index contributed by atoms with van der Waals surface area (Å²) in [7, 11) is 2.94. The van der Waals surface area contributed by atoms with Crippen LogP contribution in [0.1, 0.15) is 12.5 Å². The minimum atomic E-state index is -0.578. The summed E-state index contributed by atoms with van der Waals surface area (Å²) in [6.07, 6.45) is 4.20. The van der Waals surface area contributed by atoms with Crippen molar-refractivity contribution in [1.29, 1.82) is 0 Å². The molecular formula is C20H21FIN3O4S. The zero-order valence-corrected chi connectivity index (χ0v) is 19.5. The summed E-state index contributed by atoms with van der Waals surface area (Å²) in [6.45, 7) is 2.62. The first-order chi connectivity index (χ1) is 14.5. The number of hydrogen-bond donors (Lipinski definition) is 1. The SMILES string of the molecule is COc1ncc(OCCOc2ccc3c(c2)c(CCNC(C)=O)cn3SI)cc1F. The van der Waals surface area contributed by atoms with Crippen LogP contribution in [0.15, 0.2) is 36.7 Å². The summed E-state index contributed by atoms with van der Waals surface area (Å²) in [5.74, 6) is 0.326. The highest BCUT2D eigenvalue weighted by Crippen LogP contribution is 2.31. The van der Waals surface area contributed by atoms with E-state index in [9.17, 15) is 9.18 Å². The molecule has 7 nitrogen and oxygen atoms in total. The Balaban J connectivity index is 1.61. The summed E-state index contributed by atoms with van der Waals surface area (Å²) in [6, 6.07) is 7.11. The number of halogens is 2. The number of carbonyl (C=O) groups is 1. The van der Waals surface area contributed by atoms with E-state index in [0.29, 0.717) is 24.7 Å². The number of amides is 1. The highest BCUT2D eigenvalue weighted by molar-refractivity contribution is 14.2. The second-order valence-electron chi connectivity index (χ2n) is 6.32. The van der Waals surface area contributed by atoms with E-state index in [2.05, 4.69) is 41.7 Å². The van der Waals surface area contributed by atoms with E-state index >= 15 is 0 Å². The molecule has 2 aromatic heterocycles. The molecule has 3 aromatic rings. The average Bonchev–Trinajstić information content (AvgIpc) is 3.08. The molecule has 1 amide bonds. The highest BCUT2D eigenvalue weighted by Gasteiger charge is 2.11. The van der Waals surface area contributed by atoms with Gasteiger partial charge in [0.05, 0.1) is 18.8 Å². The van der Waals surface area contributed by atoms with E-state index in [1.165, 1.54) is 26.3 Å². The summed E-state index contributed by atoms with van der Waals surface area (Å²) in [5.41, 5.74) is 2.21. The quantitative estimate of drug-likeness (QED) is 0.305. The summed E-state index contributed by atoms with van der Waals surface area (Å²) < 4.78 is 31.8. The van der Waals surface area contributed by atoms with Gasteiger partial charge in [-0.15, -0.1) is 0 Å². The van der Waals surface area contributed by atoms with Crippen LogP contribution in [-0.2, 0) is 11.2 Å². The zero-order chi connectivity index (χ0) is 21.5. The predicted octanol–water partition coefficient (Wildman–Crippen LogP) is 4.17. The molecule has 1 aromatic carbocycles. The number of nitrogens with zero attached hydrogens (tertiary/aromatic N) is 2. The average molecular weight is 545 g/mol. The molecule has 0 aliphatic heterocycles. The van der Waals surface area contributed by atoms with Crippen molar-refractivity contribution in [1.82, 2.24) is 14.3 Å². The lowest BCUT2D eigenvalue weighted by atomic mass is 10.1. The number of fused-ring (bicyclic) bond motifs is 1. The van der Waals surface area contributed by atoms with E-state index in [1.807, 2.05) is 18.2 Å². The number of pyridine rings is 1. The van der Waals surface area contributed by atoms with Gasteiger partial charge in [-0.25, -0.2) is 9.37 Å². The summed E-state index contributed by atoms with van der Waals surface area (Å²) in [5, 5.41) is 3.90. The molecule has 0 bridgehead atoms. The minimum absolute atomic E-state index is 0.0435. The van der Waals surface area contributed by atoms with E-state index in [0.717, 1.165) is 22.9 Å². The Kier molecular flexibility index (Phi) is 8.02. The molecule has 30 heavy (non-hydrogen) atoms. The standard InChI is InChI=1S/C20H21FIN3O4S/c1-13(26)23-6-5-14-12-25(30-22)19-4-3-15(9-17(14)19)28-7-8-29-16-10-18(21)20(27-2)24-11-16/h3-4,9-12H,5-8H2,1-2H3,(H,23,26). The van der Waals surface area contributed by atoms with Crippen LogP contribution in [0, 0.1) is 5.82 Å². The third-order valence-electron chi connectivity index (χ3n) is 4.26. The lowest BCUT2D eigenvalue weighted by Gasteiger charge is -2.09. The van der Waals surface area contributed by atoms with Crippen LogP contribution >= 0.6 is 30.3 Å². The second-order valence-corrected chi connectivity index (χ2v) is 8.03. The Morgan fingerprint density at radius 1 is 1.27 bits per heavy atom. The molecule has 0 fully saturated rings. The molecule has 0 saturated carbocycles. The molecule has 0 radical (unpaired) electrons. The Labute approximate surface area is 190 Å². The maximum absolute atomic E-state index is 13.6. The van der Waals surface area contributed by atoms with Crippen LogP contribution in [-0.4, -0.2) is 41.7 Å². The fraction of sp³-hybridized carbons (Fsp3) is 0.300. The van der Waals surface area contributed by atoms with E-state index in [1.54, 1.807) is 9.12 Å². The van der Waals surface area contributed by atoms with Crippen LogP contribution < -0.4 is 19.5 Å². The van der Waals surface area contributed by atoms with Gasteiger partial charge in [-0.05, 0) is 30.2 Å². The number of ether oxygens (including phenoxy) is 3. The molecule has 0 spiro atoms. The van der Waals surface area contributed by atoms with Gasteiger partial charge < -0.3 is 19.5 Å². The Morgan fingerprint density at radius 3 is 2.70 bits per heavy atom. The van der Waals surface area contributed by atoms with Crippen molar-refractivity contribution in [3.63, 3.8) is 0 Å². The zero-order valence-electron chi connectivity index (χ0n) is 16.5. The van der Waals surface area contributed by atoms with Crippen molar-refractivity contribution in [2.75, 3.05) is 26.9 Å². The first-order valence-electron chi connectivity index (χ1n) is 9.14. The molecular weight excluding hydrogens is 524 g/mol. The van der Waals surface area contributed by atoms with Crippen LogP contribution in [0.3, 0.4) is 0 Å². The molecule has 0 aliphatic carbocycles. The van der Waals surface area contributed by atoms with Gasteiger partial charge in [0.15, 0.2) is 5.82 Å². The fourth-order valence-electron chi connectivity index (χ4n) is 2.92. The normalized spacial score (nSPS) is 10.8. The lowest BCUT2D eigenvalue weighted by molar-refractivity contribution is -0.118. The third kappa shape index (κ3) is 5.69. The molecule has 0 saturated heterocycles. The molecule has 0 unspecified atom stereocenters. The topological polar surface area (TPSA) is 74.6 Å². The Bertz CT molecular complexity index is 1030. The minimum Gasteiger partial charge on any atom is -0.490 e. The molecule has 3 rings (SSSR count). The highest BCUT2D eigenvalue weighted by atomic mass is 127. The molecule has 0 aliphatic rings. The number of nitrogens with one attached hydrogen (secondary N) is 1. The van der Waals surface area contributed by atoms with E-state index < -0.39 is 5.82 Å². The molecule has 2 heterocycles. The molecule has 160 valence electrons. The number of hydrogen-bond acceptors (Lipinski definition) is 6. The van der Waals surface area contributed by atoms with Crippen LogP contribution in [0.2, 0.25) is 0 Å². The molecule has 1 N–H and O–H groups in total. The monoisotopic (exact) mass is 545 g/mol. The fourth-order valence-corrected chi connectivity index (χ4v) is 4.30. The van der Waals surface area contributed by atoms with E-state index in [4.69, 9.17) is 14.2 Å². The van der Waals surface area contributed by atoms with Gasteiger partial charge in [0.25, 0.3) is 0 Å².